The zero-order valence-corrected chi connectivity index (χ0v) is 20.4. The molecule has 6 nitrogen and oxygen atoms in total. The summed E-state index contributed by atoms with van der Waals surface area (Å²) in [5, 5.41) is 14.6. The van der Waals surface area contributed by atoms with Crippen molar-refractivity contribution in [3.63, 3.8) is 0 Å². The van der Waals surface area contributed by atoms with E-state index in [4.69, 9.17) is 31.1 Å². The number of ether oxygens (including phenoxy) is 1. The van der Waals surface area contributed by atoms with Gasteiger partial charge in [-0.3, -0.25) is 0 Å². The minimum atomic E-state index is -0.416. The van der Waals surface area contributed by atoms with Crippen molar-refractivity contribution < 1.29 is 13.7 Å². The largest absolute Gasteiger partial charge is 0.373 e. The maximum atomic E-state index is 14.6. The molecule has 6 rings (SSSR count). The van der Waals surface area contributed by atoms with Crippen LogP contribution in [0.1, 0.15) is 48.5 Å². The van der Waals surface area contributed by atoms with Crippen molar-refractivity contribution in [2.75, 3.05) is 18.0 Å². The molecule has 35 heavy (non-hydrogen) atoms. The SMILES string of the molecule is N#Cc1ccc2nc(N3CCC(OCc4c(-c5c(F)cccc5Cl)noc4C4CC4)CC3)sc2c1. The maximum absolute atomic E-state index is 14.6. The molecule has 0 N–H and O–H groups in total. The first kappa shape index (κ1) is 22.5. The lowest BCUT2D eigenvalue weighted by Gasteiger charge is -2.31. The Hall–Kier alpha value is -2.99. The van der Waals surface area contributed by atoms with Crippen LogP contribution in [0.4, 0.5) is 9.52 Å². The monoisotopic (exact) mass is 508 g/mol. The number of piperidine rings is 1. The molecular formula is C26H22ClFN4O2S. The Morgan fingerprint density at radius 3 is 2.77 bits per heavy atom. The first-order valence-corrected chi connectivity index (χ1v) is 12.9. The Balaban J connectivity index is 1.15. The van der Waals surface area contributed by atoms with Gasteiger partial charge in [0.05, 0.1) is 45.1 Å². The zero-order valence-electron chi connectivity index (χ0n) is 18.8. The van der Waals surface area contributed by atoms with Crippen LogP contribution >= 0.6 is 22.9 Å². The van der Waals surface area contributed by atoms with Crippen LogP contribution in [0.5, 0.6) is 0 Å². The Morgan fingerprint density at radius 2 is 2.03 bits per heavy atom. The first-order chi connectivity index (χ1) is 17.1. The molecule has 3 heterocycles. The van der Waals surface area contributed by atoms with E-state index >= 15 is 0 Å². The van der Waals surface area contributed by atoms with Crippen molar-refractivity contribution in [1.82, 2.24) is 10.1 Å². The van der Waals surface area contributed by atoms with Gasteiger partial charge in [0.25, 0.3) is 0 Å². The van der Waals surface area contributed by atoms with E-state index in [1.165, 1.54) is 6.07 Å². The number of halogens is 2. The van der Waals surface area contributed by atoms with Gasteiger partial charge in [-0.1, -0.05) is 34.2 Å². The number of hydrogen-bond acceptors (Lipinski definition) is 7. The molecule has 0 radical (unpaired) electrons. The molecule has 0 atom stereocenters. The third-order valence-corrected chi connectivity index (χ3v) is 8.04. The van der Waals surface area contributed by atoms with Gasteiger partial charge in [-0.05, 0) is 56.0 Å². The van der Waals surface area contributed by atoms with E-state index in [9.17, 15) is 4.39 Å². The standard InChI is InChI=1S/C26H22ClFN4O2S/c27-19-2-1-3-20(28)23(19)24-18(25(34-31-24)16-5-6-16)14-33-17-8-10-32(11-9-17)26-30-21-7-4-15(13-29)12-22(21)35-26/h1-4,7,12,16-17H,5-6,8-11,14H2. The van der Waals surface area contributed by atoms with Crippen molar-refractivity contribution in [2.45, 2.75) is 44.3 Å². The zero-order chi connectivity index (χ0) is 23.9. The Labute approximate surface area is 210 Å². The smallest absolute Gasteiger partial charge is 0.186 e. The van der Waals surface area contributed by atoms with Gasteiger partial charge < -0.3 is 14.2 Å². The van der Waals surface area contributed by atoms with E-state index in [2.05, 4.69) is 16.1 Å². The lowest BCUT2D eigenvalue weighted by molar-refractivity contribution is 0.0246. The average molecular weight is 509 g/mol. The minimum Gasteiger partial charge on any atom is -0.373 e. The van der Waals surface area contributed by atoms with Gasteiger partial charge in [0.2, 0.25) is 0 Å². The molecule has 0 unspecified atom stereocenters. The van der Waals surface area contributed by atoms with Crippen LogP contribution in [0.3, 0.4) is 0 Å². The lowest BCUT2D eigenvalue weighted by Crippen LogP contribution is -2.37. The van der Waals surface area contributed by atoms with E-state index in [1.54, 1.807) is 29.5 Å². The van der Waals surface area contributed by atoms with Gasteiger partial charge in [-0.15, -0.1) is 0 Å². The van der Waals surface area contributed by atoms with Crippen LogP contribution in [-0.4, -0.2) is 29.3 Å². The van der Waals surface area contributed by atoms with E-state index in [-0.39, 0.29) is 11.7 Å². The number of nitrogens with zero attached hydrogens (tertiary/aromatic N) is 4. The van der Waals surface area contributed by atoms with E-state index in [0.29, 0.717) is 28.8 Å². The van der Waals surface area contributed by atoms with Crippen molar-refractivity contribution >= 4 is 38.3 Å². The van der Waals surface area contributed by atoms with Gasteiger partial charge in [-0.2, -0.15) is 5.26 Å². The molecule has 178 valence electrons. The molecule has 2 fully saturated rings. The lowest BCUT2D eigenvalue weighted by atomic mass is 10.0. The summed E-state index contributed by atoms with van der Waals surface area (Å²) >= 11 is 7.94. The Morgan fingerprint density at radius 1 is 1.20 bits per heavy atom. The summed E-state index contributed by atoms with van der Waals surface area (Å²) in [7, 11) is 0. The maximum Gasteiger partial charge on any atom is 0.186 e. The molecule has 0 bridgehead atoms. The van der Waals surface area contributed by atoms with E-state index < -0.39 is 5.82 Å². The number of fused-ring (bicyclic) bond motifs is 1. The van der Waals surface area contributed by atoms with Crippen LogP contribution in [0.2, 0.25) is 5.02 Å². The van der Waals surface area contributed by atoms with Gasteiger partial charge in [-0.25, -0.2) is 9.37 Å². The fourth-order valence-corrected chi connectivity index (χ4v) is 5.89. The number of thiazole rings is 1. The second-order valence-electron chi connectivity index (χ2n) is 9.03. The van der Waals surface area contributed by atoms with Crippen molar-refractivity contribution in [3.8, 4) is 17.3 Å². The fraction of sp³-hybridized carbons (Fsp3) is 0.346. The third-order valence-electron chi connectivity index (χ3n) is 6.65. The predicted molar refractivity (Wildman–Crippen MR) is 133 cm³/mol. The van der Waals surface area contributed by atoms with Crippen LogP contribution < -0.4 is 4.90 Å². The molecule has 2 aliphatic rings. The molecule has 0 amide bonds. The highest BCUT2D eigenvalue weighted by Gasteiger charge is 2.34. The Bertz CT molecular complexity index is 1410. The molecule has 2 aromatic heterocycles. The van der Waals surface area contributed by atoms with Crippen molar-refractivity contribution in [3.05, 3.63) is 64.1 Å². The van der Waals surface area contributed by atoms with Crippen LogP contribution in [0.25, 0.3) is 21.5 Å². The summed E-state index contributed by atoms with van der Waals surface area (Å²) in [5.41, 5.74) is 3.09. The third kappa shape index (κ3) is 4.40. The average Bonchev–Trinajstić information content (AvgIpc) is 3.49. The highest BCUT2D eigenvalue weighted by atomic mass is 35.5. The number of benzene rings is 2. The molecule has 9 heteroatoms. The molecular weight excluding hydrogens is 487 g/mol. The van der Waals surface area contributed by atoms with E-state index in [1.807, 2.05) is 12.1 Å². The van der Waals surface area contributed by atoms with E-state index in [0.717, 1.165) is 65.4 Å². The molecule has 1 saturated heterocycles. The highest BCUT2D eigenvalue weighted by molar-refractivity contribution is 7.22. The molecule has 4 aromatic rings. The van der Waals surface area contributed by atoms with Crippen molar-refractivity contribution in [1.29, 1.82) is 5.26 Å². The molecule has 0 spiro atoms. The van der Waals surface area contributed by atoms with Crippen LogP contribution in [-0.2, 0) is 11.3 Å². The summed E-state index contributed by atoms with van der Waals surface area (Å²) in [6.07, 6.45) is 3.89. The molecule has 2 aromatic carbocycles. The quantitative estimate of drug-likeness (QED) is 0.289. The van der Waals surface area contributed by atoms with Crippen LogP contribution in [0.15, 0.2) is 40.9 Å². The minimum absolute atomic E-state index is 0.0803. The topological polar surface area (TPSA) is 75.2 Å². The Kier molecular flexibility index (Phi) is 5.93. The summed E-state index contributed by atoms with van der Waals surface area (Å²) in [6.45, 7) is 1.99. The second-order valence-corrected chi connectivity index (χ2v) is 10.4. The highest BCUT2D eigenvalue weighted by Crippen LogP contribution is 2.45. The number of rotatable bonds is 6. The molecule has 1 aliphatic carbocycles. The fourth-order valence-electron chi connectivity index (χ4n) is 4.58. The van der Waals surface area contributed by atoms with Gasteiger partial charge in [0, 0.05) is 24.6 Å². The van der Waals surface area contributed by atoms with Gasteiger partial charge in [0.1, 0.15) is 17.3 Å². The molecule has 1 saturated carbocycles. The first-order valence-electron chi connectivity index (χ1n) is 11.7. The number of hydrogen-bond donors (Lipinski definition) is 0. The predicted octanol–water partition coefficient (Wildman–Crippen LogP) is 6.68. The number of anilines is 1. The summed E-state index contributed by atoms with van der Waals surface area (Å²) in [5.74, 6) is 0.700. The van der Waals surface area contributed by atoms with Crippen LogP contribution in [0, 0.1) is 17.1 Å². The van der Waals surface area contributed by atoms with Gasteiger partial charge in [0.15, 0.2) is 5.13 Å². The van der Waals surface area contributed by atoms with Gasteiger partial charge >= 0.3 is 0 Å². The second kappa shape index (κ2) is 9.23. The summed E-state index contributed by atoms with van der Waals surface area (Å²) in [6, 6.07) is 12.4. The molecule has 1 aliphatic heterocycles. The number of aromatic nitrogens is 2. The van der Waals surface area contributed by atoms with Crippen molar-refractivity contribution in [2.24, 2.45) is 0 Å². The summed E-state index contributed by atoms with van der Waals surface area (Å²) in [4.78, 5) is 7.02. The normalized spacial score (nSPS) is 16.7. The number of nitriles is 1. The summed E-state index contributed by atoms with van der Waals surface area (Å²) < 4.78 is 27.6.